The summed E-state index contributed by atoms with van der Waals surface area (Å²) in [6, 6.07) is 4.66. The quantitative estimate of drug-likeness (QED) is 0.842. The minimum atomic E-state index is -0.506. The van der Waals surface area contributed by atoms with E-state index in [-0.39, 0.29) is 23.2 Å². The molecular formula is C11H9ClF2N4. The van der Waals surface area contributed by atoms with E-state index in [0.29, 0.717) is 5.82 Å². The van der Waals surface area contributed by atoms with Gasteiger partial charge in [-0.05, 0) is 18.2 Å². The number of benzene rings is 1. The predicted molar refractivity (Wildman–Crippen MR) is 65.1 cm³/mol. The number of aromatic nitrogens is 2. The van der Waals surface area contributed by atoms with Crippen LogP contribution in [0.15, 0.2) is 24.3 Å². The van der Waals surface area contributed by atoms with Crippen molar-refractivity contribution in [2.24, 2.45) is 0 Å². The van der Waals surface area contributed by atoms with E-state index in [1.54, 1.807) is 0 Å². The molecule has 94 valence electrons. The van der Waals surface area contributed by atoms with Gasteiger partial charge in [0.05, 0.1) is 0 Å². The maximum absolute atomic E-state index is 13.3. The topological polar surface area (TPSA) is 63.8 Å². The fraction of sp³-hybridized carbons (Fsp3) is 0.0909. The highest BCUT2D eigenvalue weighted by Gasteiger charge is 2.05. The van der Waals surface area contributed by atoms with Crippen molar-refractivity contribution in [3.05, 3.63) is 46.6 Å². The van der Waals surface area contributed by atoms with Crippen molar-refractivity contribution in [2.45, 2.75) is 6.54 Å². The number of nitrogens with one attached hydrogen (secondary N) is 1. The van der Waals surface area contributed by atoms with Crippen LogP contribution >= 0.6 is 11.6 Å². The molecule has 0 radical (unpaired) electrons. The van der Waals surface area contributed by atoms with Crippen LogP contribution in [0.2, 0.25) is 5.15 Å². The molecule has 0 aliphatic rings. The first-order valence-corrected chi connectivity index (χ1v) is 5.40. The van der Waals surface area contributed by atoms with Gasteiger partial charge in [-0.25, -0.2) is 13.8 Å². The Morgan fingerprint density at radius 2 is 2.00 bits per heavy atom. The van der Waals surface area contributed by atoms with Gasteiger partial charge < -0.3 is 11.1 Å². The minimum absolute atomic E-state index is 0.00436. The average Bonchev–Trinajstić information content (AvgIpc) is 2.29. The summed E-state index contributed by atoms with van der Waals surface area (Å²) in [6.07, 6.45) is 0. The molecule has 0 aliphatic carbocycles. The Kier molecular flexibility index (Phi) is 3.57. The van der Waals surface area contributed by atoms with E-state index in [1.165, 1.54) is 6.07 Å². The van der Waals surface area contributed by atoms with E-state index >= 15 is 0 Å². The molecule has 18 heavy (non-hydrogen) atoms. The second-order valence-corrected chi connectivity index (χ2v) is 3.91. The van der Waals surface area contributed by atoms with E-state index in [1.807, 2.05) is 0 Å². The Bertz CT molecular complexity index is 557. The van der Waals surface area contributed by atoms with Crippen LogP contribution in [0.1, 0.15) is 5.56 Å². The Labute approximate surface area is 107 Å². The van der Waals surface area contributed by atoms with Crippen molar-refractivity contribution in [1.29, 1.82) is 0 Å². The smallest absolute Gasteiger partial charge is 0.223 e. The van der Waals surface area contributed by atoms with Gasteiger partial charge in [-0.3, -0.25) is 0 Å². The van der Waals surface area contributed by atoms with Crippen molar-refractivity contribution in [1.82, 2.24) is 9.97 Å². The summed E-state index contributed by atoms with van der Waals surface area (Å²) in [6.45, 7) is 0.0658. The molecule has 0 saturated carbocycles. The SMILES string of the molecule is Nc1nc(Cl)cc(NCc2cc(F)ccc2F)n1. The molecule has 3 N–H and O–H groups in total. The highest BCUT2D eigenvalue weighted by atomic mass is 35.5. The number of rotatable bonds is 3. The van der Waals surface area contributed by atoms with Crippen LogP contribution in [0.5, 0.6) is 0 Å². The summed E-state index contributed by atoms with van der Waals surface area (Å²) in [5.74, 6) is -0.661. The summed E-state index contributed by atoms with van der Waals surface area (Å²) in [5.41, 5.74) is 5.59. The number of halogens is 3. The third-order valence-electron chi connectivity index (χ3n) is 2.18. The Morgan fingerprint density at radius 1 is 1.22 bits per heavy atom. The van der Waals surface area contributed by atoms with E-state index in [4.69, 9.17) is 17.3 Å². The van der Waals surface area contributed by atoms with Crippen LogP contribution in [-0.4, -0.2) is 9.97 Å². The van der Waals surface area contributed by atoms with Gasteiger partial charge in [-0.2, -0.15) is 4.98 Å². The van der Waals surface area contributed by atoms with Crippen molar-refractivity contribution in [3.8, 4) is 0 Å². The van der Waals surface area contributed by atoms with Crippen molar-refractivity contribution in [2.75, 3.05) is 11.1 Å². The minimum Gasteiger partial charge on any atom is -0.368 e. The maximum Gasteiger partial charge on any atom is 0.223 e. The standard InChI is InChI=1S/C11H9ClF2N4/c12-9-4-10(18-11(15)17-9)16-5-6-3-7(13)1-2-8(6)14/h1-4H,5H2,(H3,15,16,17,18). The first-order valence-electron chi connectivity index (χ1n) is 5.02. The third kappa shape index (κ3) is 3.04. The number of nitrogens with two attached hydrogens (primary N) is 1. The normalized spacial score (nSPS) is 10.4. The highest BCUT2D eigenvalue weighted by Crippen LogP contribution is 2.15. The Hall–Kier alpha value is -1.95. The molecule has 4 nitrogen and oxygen atoms in total. The van der Waals surface area contributed by atoms with Crippen molar-refractivity contribution in [3.63, 3.8) is 0 Å². The molecule has 0 saturated heterocycles. The van der Waals surface area contributed by atoms with Gasteiger partial charge in [-0.15, -0.1) is 0 Å². The first kappa shape index (κ1) is 12.5. The van der Waals surface area contributed by atoms with Crippen LogP contribution in [0.4, 0.5) is 20.5 Å². The molecule has 7 heteroatoms. The third-order valence-corrected chi connectivity index (χ3v) is 2.37. The number of hydrogen-bond acceptors (Lipinski definition) is 4. The molecule has 0 spiro atoms. The van der Waals surface area contributed by atoms with E-state index < -0.39 is 11.6 Å². The van der Waals surface area contributed by atoms with Crippen LogP contribution in [-0.2, 0) is 6.54 Å². The molecule has 1 aromatic heterocycles. The van der Waals surface area contributed by atoms with Gasteiger partial charge in [0.2, 0.25) is 5.95 Å². The lowest BCUT2D eigenvalue weighted by molar-refractivity contribution is 0.587. The molecule has 0 aliphatic heterocycles. The monoisotopic (exact) mass is 270 g/mol. The van der Waals surface area contributed by atoms with Gasteiger partial charge in [-0.1, -0.05) is 11.6 Å². The van der Waals surface area contributed by atoms with Gasteiger partial charge in [0.15, 0.2) is 0 Å². The maximum atomic E-state index is 13.3. The van der Waals surface area contributed by atoms with Gasteiger partial charge >= 0.3 is 0 Å². The second-order valence-electron chi connectivity index (χ2n) is 3.52. The Balaban J connectivity index is 2.13. The Morgan fingerprint density at radius 3 is 2.72 bits per heavy atom. The molecule has 0 amide bonds. The first-order chi connectivity index (χ1) is 8.54. The lowest BCUT2D eigenvalue weighted by Gasteiger charge is -2.07. The molecule has 1 aromatic carbocycles. The fourth-order valence-corrected chi connectivity index (χ4v) is 1.58. The molecule has 2 rings (SSSR count). The average molecular weight is 271 g/mol. The molecule has 0 unspecified atom stereocenters. The van der Waals surface area contributed by atoms with E-state index in [2.05, 4.69) is 15.3 Å². The predicted octanol–water partition coefficient (Wildman–Crippen LogP) is 2.60. The summed E-state index contributed by atoms with van der Waals surface area (Å²) < 4.78 is 26.3. The number of nitrogens with zero attached hydrogens (tertiary/aromatic N) is 2. The molecule has 2 aromatic rings. The summed E-state index contributed by atoms with van der Waals surface area (Å²) in [7, 11) is 0. The van der Waals surface area contributed by atoms with Gasteiger partial charge in [0.1, 0.15) is 22.6 Å². The number of hydrogen-bond donors (Lipinski definition) is 2. The van der Waals surface area contributed by atoms with Crippen molar-refractivity contribution < 1.29 is 8.78 Å². The van der Waals surface area contributed by atoms with E-state index in [9.17, 15) is 8.78 Å². The molecule has 0 fully saturated rings. The lowest BCUT2D eigenvalue weighted by atomic mass is 10.2. The summed E-state index contributed by atoms with van der Waals surface area (Å²) in [5, 5.41) is 2.96. The zero-order valence-corrected chi connectivity index (χ0v) is 9.88. The number of nitrogen functional groups attached to an aromatic ring is 1. The molecule has 0 bridgehead atoms. The summed E-state index contributed by atoms with van der Waals surface area (Å²) in [4.78, 5) is 7.54. The highest BCUT2D eigenvalue weighted by molar-refractivity contribution is 6.29. The molecule has 0 atom stereocenters. The number of anilines is 2. The lowest BCUT2D eigenvalue weighted by Crippen LogP contribution is -2.06. The van der Waals surface area contributed by atoms with Gasteiger partial charge in [0.25, 0.3) is 0 Å². The zero-order chi connectivity index (χ0) is 13.1. The summed E-state index contributed by atoms with van der Waals surface area (Å²) >= 11 is 5.68. The molecular weight excluding hydrogens is 262 g/mol. The van der Waals surface area contributed by atoms with E-state index in [0.717, 1.165) is 18.2 Å². The van der Waals surface area contributed by atoms with Crippen molar-refractivity contribution >= 4 is 23.4 Å². The largest absolute Gasteiger partial charge is 0.368 e. The molecule has 1 heterocycles. The van der Waals surface area contributed by atoms with Gasteiger partial charge in [0, 0.05) is 18.2 Å². The zero-order valence-electron chi connectivity index (χ0n) is 9.12. The van der Waals surface area contributed by atoms with Crippen LogP contribution in [0.25, 0.3) is 0 Å². The fourth-order valence-electron chi connectivity index (χ4n) is 1.39. The van der Waals surface area contributed by atoms with Crippen LogP contribution < -0.4 is 11.1 Å². The van der Waals surface area contributed by atoms with Crippen LogP contribution in [0, 0.1) is 11.6 Å². The van der Waals surface area contributed by atoms with Crippen LogP contribution in [0.3, 0.4) is 0 Å². The second kappa shape index (κ2) is 5.14.